The predicted molar refractivity (Wildman–Crippen MR) is 119 cm³/mol. The fraction of sp³-hybridized carbons (Fsp3) is 0.478. The average molecular weight is 493 g/mol. The van der Waals surface area contributed by atoms with Gasteiger partial charge >= 0.3 is 6.18 Å². The molecule has 1 fully saturated rings. The Morgan fingerprint density at radius 3 is 2.49 bits per heavy atom. The number of rotatable bonds is 5. The summed E-state index contributed by atoms with van der Waals surface area (Å²) >= 11 is 0. The Morgan fingerprint density at radius 2 is 1.83 bits per heavy atom. The molecule has 7 nitrogen and oxygen atoms in total. The number of pyridine rings is 1. The molecule has 0 radical (unpaired) electrons. The largest absolute Gasteiger partial charge is 0.408 e. The SMILES string of the molecule is Cc1nnn(C)c1-c1cnc2c(-c3cnn(CC(F)(F)F)c3)cn(CC3CCC(F)(F)CC3)c2c1. The van der Waals surface area contributed by atoms with Crippen LogP contribution in [-0.2, 0) is 20.1 Å². The first-order valence-corrected chi connectivity index (χ1v) is 11.3. The maximum Gasteiger partial charge on any atom is 0.408 e. The Morgan fingerprint density at radius 1 is 1.09 bits per heavy atom. The van der Waals surface area contributed by atoms with Crippen LogP contribution in [0.15, 0.2) is 30.9 Å². The van der Waals surface area contributed by atoms with Crippen LogP contribution in [0.4, 0.5) is 22.0 Å². The molecular formula is C23H24F5N7. The van der Waals surface area contributed by atoms with Crippen molar-refractivity contribution in [1.82, 2.24) is 34.3 Å². The van der Waals surface area contributed by atoms with Crippen molar-refractivity contribution in [3.8, 4) is 22.4 Å². The molecule has 0 spiro atoms. The van der Waals surface area contributed by atoms with E-state index < -0.39 is 18.6 Å². The van der Waals surface area contributed by atoms with Gasteiger partial charge in [-0.1, -0.05) is 5.21 Å². The molecule has 0 aliphatic heterocycles. The van der Waals surface area contributed by atoms with Crippen molar-refractivity contribution in [2.45, 2.75) is 57.8 Å². The zero-order valence-electron chi connectivity index (χ0n) is 19.2. The van der Waals surface area contributed by atoms with Gasteiger partial charge in [0.25, 0.3) is 0 Å². The summed E-state index contributed by atoms with van der Waals surface area (Å²) in [7, 11) is 1.78. The second-order valence-corrected chi connectivity index (χ2v) is 9.28. The molecule has 35 heavy (non-hydrogen) atoms. The van der Waals surface area contributed by atoms with Crippen LogP contribution in [0.2, 0.25) is 0 Å². The first kappa shape index (κ1) is 23.4. The van der Waals surface area contributed by atoms with Gasteiger partial charge in [0.05, 0.1) is 28.6 Å². The lowest BCUT2D eigenvalue weighted by Gasteiger charge is -2.28. The van der Waals surface area contributed by atoms with Crippen molar-refractivity contribution in [2.75, 3.05) is 0 Å². The second kappa shape index (κ2) is 8.42. The van der Waals surface area contributed by atoms with Crippen LogP contribution in [0, 0.1) is 12.8 Å². The third-order valence-electron chi connectivity index (χ3n) is 6.56. The van der Waals surface area contributed by atoms with Crippen LogP contribution in [0.25, 0.3) is 33.4 Å². The van der Waals surface area contributed by atoms with Gasteiger partial charge in [0.2, 0.25) is 5.92 Å². The maximum atomic E-state index is 13.7. The van der Waals surface area contributed by atoms with Crippen LogP contribution in [0.3, 0.4) is 0 Å². The van der Waals surface area contributed by atoms with E-state index in [9.17, 15) is 22.0 Å². The molecule has 0 atom stereocenters. The molecule has 4 aromatic rings. The van der Waals surface area contributed by atoms with Crippen molar-refractivity contribution in [1.29, 1.82) is 0 Å². The Labute approximate surface area is 197 Å². The molecule has 0 amide bonds. The lowest BCUT2D eigenvalue weighted by Crippen LogP contribution is -2.26. The summed E-state index contributed by atoms with van der Waals surface area (Å²) in [6.45, 7) is 1.16. The van der Waals surface area contributed by atoms with Gasteiger partial charge in [-0.15, -0.1) is 5.10 Å². The van der Waals surface area contributed by atoms with E-state index in [0.29, 0.717) is 36.0 Å². The van der Waals surface area contributed by atoms with Crippen molar-refractivity contribution in [2.24, 2.45) is 13.0 Å². The van der Waals surface area contributed by atoms with Crippen LogP contribution in [0.1, 0.15) is 31.4 Å². The monoisotopic (exact) mass is 493 g/mol. The molecule has 186 valence electrons. The number of hydrogen-bond donors (Lipinski definition) is 0. The summed E-state index contributed by atoms with van der Waals surface area (Å²) in [5.74, 6) is -2.55. The van der Waals surface area contributed by atoms with Gasteiger partial charge in [0, 0.05) is 61.7 Å². The van der Waals surface area contributed by atoms with E-state index in [-0.39, 0.29) is 18.8 Å². The second-order valence-electron chi connectivity index (χ2n) is 9.28. The van der Waals surface area contributed by atoms with E-state index >= 15 is 0 Å². The van der Waals surface area contributed by atoms with E-state index in [1.165, 1.54) is 12.4 Å². The van der Waals surface area contributed by atoms with E-state index in [1.54, 1.807) is 17.9 Å². The lowest BCUT2D eigenvalue weighted by atomic mass is 9.87. The minimum atomic E-state index is -4.39. The fourth-order valence-electron chi connectivity index (χ4n) is 4.85. The van der Waals surface area contributed by atoms with Gasteiger partial charge in [0.15, 0.2) is 0 Å². The van der Waals surface area contributed by atoms with E-state index in [4.69, 9.17) is 0 Å². The number of alkyl halides is 5. The highest BCUT2D eigenvalue weighted by atomic mass is 19.4. The van der Waals surface area contributed by atoms with E-state index in [1.807, 2.05) is 23.8 Å². The fourth-order valence-corrected chi connectivity index (χ4v) is 4.85. The average Bonchev–Trinajstić information content (AvgIpc) is 3.46. The highest BCUT2D eigenvalue weighted by Gasteiger charge is 2.35. The standard InChI is InChI=1S/C23H24F5N7/c1-14-21(33(2)32-31-14)16-7-19-20(29-8-16)18(17-9-30-35(11-17)13-23(26,27)28)12-34(19)10-15-3-5-22(24,25)6-4-15/h7-9,11-12,15H,3-6,10,13H2,1-2H3. The molecule has 0 aromatic carbocycles. The van der Waals surface area contributed by atoms with Crippen LogP contribution >= 0.6 is 0 Å². The highest BCUT2D eigenvalue weighted by molar-refractivity contribution is 5.94. The predicted octanol–water partition coefficient (Wildman–Crippen LogP) is 5.39. The number of halogens is 5. The number of nitrogens with zero attached hydrogens (tertiary/aromatic N) is 7. The van der Waals surface area contributed by atoms with Gasteiger partial charge < -0.3 is 4.57 Å². The Hall–Kier alpha value is -3.31. The zero-order chi connectivity index (χ0) is 25.0. The van der Waals surface area contributed by atoms with Gasteiger partial charge in [-0.2, -0.15) is 18.3 Å². The molecule has 1 aliphatic rings. The summed E-state index contributed by atoms with van der Waals surface area (Å²) in [5.41, 5.74) is 4.83. The number of aromatic nitrogens is 7. The highest BCUT2D eigenvalue weighted by Crippen LogP contribution is 2.38. The summed E-state index contributed by atoms with van der Waals surface area (Å²) in [6.07, 6.45) is 2.39. The molecule has 0 unspecified atom stereocenters. The molecular weight excluding hydrogens is 469 g/mol. The van der Waals surface area contributed by atoms with Crippen LogP contribution < -0.4 is 0 Å². The first-order valence-electron chi connectivity index (χ1n) is 11.3. The normalized spacial score (nSPS) is 16.9. The molecule has 0 bridgehead atoms. The molecule has 4 aromatic heterocycles. The van der Waals surface area contributed by atoms with E-state index in [0.717, 1.165) is 27.1 Å². The number of aryl methyl sites for hydroxylation is 2. The Kier molecular flexibility index (Phi) is 5.64. The molecule has 1 aliphatic carbocycles. The van der Waals surface area contributed by atoms with Crippen molar-refractivity contribution in [3.63, 3.8) is 0 Å². The van der Waals surface area contributed by atoms with E-state index in [2.05, 4.69) is 20.4 Å². The topological polar surface area (TPSA) is 66.3 Å². The van der Waals surface area contributed by atoms with Crippen LogP contribution in [0.5, 0.6) is 0 Å². The summed E-state index contributed by atoms with van der Waals surface area (Å²) < 4.78 is 70.3. The smallest absolute Gasteiger partial charge is 0.345 e. The Balaban J connectivity index is 1.56. The molecule has 1 saturated carbocycles. The molecule has 4 heterocycles. The van der Waals surface area contributed by atoms with Crippen molar-refractivity contribution < 1.29 is 22.0 Å². The molecule has 0 saturated heterocycles. The minimum Gasteiger partial charge on any atom is -0.345 e. The maximum absolute atomic E-state index is 13.7. The van der Waals surface area contributed by atoms with Gasteiger partial charge in [-0.25, -0.2) is 13.5 Å². The van der Waals surface area contributed by atoms with Gasteiger partial charge in [0.1, 0.15) is 6.54 Å². The molecule has 5 rings (SSSR count). The first-order chi connectivity index (χ1) is 16.5. The van der Waals surface area contributed by atoms with Gasteiger partial charge in [-0.05, 0) is 31.7 Å². The molecule has 0 N–H and O–H groups in total. The van der Waals surface area contributed by atoms with Crippen molar-refractivity contribution in [3.05, 3.63) is 36.5 Å². The zero-order valence-corrected chi connectivity index (χ0v) is 19.2. The minimum absolute atomic E-state index is 0.0646. The number of hydrogen-bond acceptors (Lipinski definition) is 4. The molecule has 12 heteroatoms. The third-order valence-corrected chi connectivity index (χ3v) is 6.56. The quantitative estimate of drug-likeness (QED) is 0.350. The number of fused-ring (bicyclic) bond motifs is 1. The summed E-state index contributed by atoms with van der Waals surface area (Å²) in [4.78, 5) is 4.65. The summed E-state index contributed by atoms with van der Waals surface area (Å²) in [5, 5.41) is 12.0. The Bertz CT molecular complexity index is 1340. The third kappa shape index (κ3) is 4.78. The summed E-state index contributed by atoms with van der Waals surface area (Å²) in [6, 6.07) is 1.94. The van der Waals surface area contributed by atoms with Crippen LogP contribution in [-0.4, -0.2) is 46.4 Å². The van der Waals surface area contributed by atoms with Gasteiger partial charge in [-0.3, -0.25) is 9.67 Å². The lowest BCUT2D eigenvalue weighted by molar-refractivity contribution is -0.142. The van der Waals surface area contributed by atoms with Crippen molar-refractivity contribution >= 4 is 11.0 Å².